The second kappa shape index (κ2) is 12.3. The van der Waals surface area contributed by atoms with Crippen LogP contribution in [0.3, 0.4) is 0 Å². The first kappa shape index (κ1) is 29.2. The van der Waals surface area contributed by atoms with Gasteiger partial charge in [-0.2, -0.15) is 26.3 Å². The maximum Gasteiger partial charge on any atom is 0.454 e. The zero-order chi connectivity index (χ0) is 23.8. The number of carbonyl (C=O) groups excluding carboxylic acids is 1. The van der Waals surface area contributed by atoms with E-state index in [1.165, 1.54) is 0 Å². The molecule has 0 fully saturated rings. The van der Waals surface area contributed by atoms with E-state index in [4.69, 9.17) is 19.3 Å². The summed E-state index contributed by atoms with van der Waals surface area (Å²) < 4.78 is 83.7. The summed E-state index contributed by atoms with van der Waals surface area (Å²) in [7, 11) is 4.83. The number of hydrogen-bond donors (Lipinski definition) is 1. The van der Waals surface area contributed by atoms with Gasteiger partial charge >= 0.3 is 12.4 Å². The number of halogens is 6. The standard InChI is InChI=1S/C14H14NO3.C5H2F6O2.Ir/c1-16-10-4-5-12(14(9-10)18-3)13-8-11(17-2)6-7-15-13;6-4(7,8)2(12)1-3(13)5(9,10)11;/h4,6-9H,1-3H3;1,12H;/q-1;;/b;2-1-;. The van der Waals surface area contributed by atoms with E-state index in [0.717, 1.165) is 17.0 Å². The number of methoxy groups -OCH3 is 3. The molecule has 0 saturated carbocycles. The van der Waals surface area contributed by atoms with E-state index >= 15 is 0 Å². The van der Waals surface area contributed by atoms with Gasteiger partial charge in [0, 0.05) is 43.9 Å². The average Bonchev–Trinajstić information content (AvgIpc) is 2.72. The van der Waals surface area contributed by atoms with Gasteiger partial charge in [-0.15, -0.1) is 12.1 Å². The van der Waals surface area contributed by atoms with Gasteiger partial charge in [-0.05, 0) is 17.8 Å². The number of alkyl halides is 6. The van der Waals surface area contributed by atoms with Crippen LogP contribution in [0.4, 0.5) is 26.3 Å². The molecule has 0 spiro atoms. The number of carbonyl (C=O) groups is 1. The molecule has 6 nitrogen and oxygen atoms in total. The molecule has 0 aliphatic rings. The Bertz CT molecular complexity index is 931. The summed E-state index contributed by atoms with van der Waals surface area (Å²) in [6.07, 6.45) is -9.99. The average molecular weight is 645 g/mol. The van der Waals surface area contributed by atoms with Crippen molar-refractivity contribution in [3.8, 4) is 28.5 Å². The van der Waals surface area contributed by atoms with E-state index in [-0.39, 0.29) is 20.1 Å². The van der Waals surface area contributed by atoms with E-state index in [9.17, 15) is 31.1 Å². The number of nitrogens with zero attached hydrogens (tertiary/aromatic N) is 1. The maximum atomic E-state index is 11.4. The molecule has 1 radical (unpaired) electrons. The van der Waals surface area contributed by atoms with Crippen molar-refractivity contribution in [1.29, 1.82) is 0 Å². The number of aliphatic hydroxyl groups excluding tert-OH is 1. The zero-order valence-corrected chi connectivity index (χ0v) is 19.0. The summed E-state index contributed by atoms with van der Waals surface area (Å²) in [6, 6.07) is 10.3. The van der Waals surface area contributed by atoms with Crippen molar-refractivity contribution in [2.75, 3.05) is 21.3 Å². The van der Waals surface area contributed by atoms with Crippen molar-refractivity contribution < 1.29 is 70.6 Å². The number of rotatable bonds is 5. The molecule has 0 saturated heterocycles. The van der Waals surface area contributed by atoms with Crippen LogP contribution in [-0.2, 0) is 24.9 Å². The number of benzene rings is 1. The summed E-state index contributed by atoms with van der Waals surface area (Å²) in [4.78, 5) is 14.1. The molecule has 1 aromatic heterocycles. The van der Waals surface area contributed by atoms with Crippen LogP contribution in [0.15, 0.2) is 42.3 Å². The first-order chi connectivity index (χ1) is 14.3. The minimum Gasteiger partial charge on any atom is -0.540 e. The van der Waals surface area contributed by atoms with Crippen molar-refractivity contribution >= 4 is 5.78 Å². The molecule has 0 unspecified atom stereocenters. The molecule has 1 aromatic carbocycles. The predicted molar refractivity (Wildman–Crippen MR) is 96.0 cm³/mol. The fraction of sp³-hybridized carbons (Fsp3) is 0.263. The van der Waals surface area contributed by atoms with Gasteiger partial charge in [0.05, 0.1) is 21.3 Å². The summed E-state index contributed by atoms with van der Waals surface area (Å²) in [5.74, 6) is -3.24. The monoisotopic (exact) mass is 645 g/mol. The van der Waals surface area contributed by atoms with E-state index in [1.807, 2.05) is 6.07 Å². The summed E-state index contributed by atoms with van der Waals surface area (Å²) in [5.41, 5.74) is 1.52. The molecule has 0 bridgehead atoms. The van der Waals surface area contributed by atoms with Crippen LogP contribution in [-0.4, -0.2) is 49.6 Å². The van der Waals surface area contributed by atoms with Crippen LogP contribution >= 0.6 is 0 Å². The quantitative estimate of drug-likeness (QED) is 0.220. The number of ketones is 1. The van der Waals surface area contributed by atoms with Gasteiger partial charge in [0.25, 0.3) is 5.78 Å². The van der Waals surface area contributed by atoms with E-state index in [2.05, 4.69) is 11.1 Å². The molecule has 0 aliphatic carbocycles. The third-order valence-electron chi connectivity index (χ3n) is 3.40. The van der Waals surface area contributed by atoms with Gasteiger partial charge in [-0.1, -0.05) is 11.6 Å². The second-order valence-corrected chi connectivity index (χ2v) is 5.45. The Hall–Kier alpha value is -2.79. The first-order valence-electron chi connectivity index (χ1n) is 8.06. The summed E-state index contributed by atoms with van der Waals surface area (Å²) in [5, 5.41) is 7.93. The Morgan fingerprint density at radius 3 is 2.06 bits per heavy atom. The van der Waals surface area contributed by atoms with Crippen LogP contribution in [0.1, 0.15) is 0 Å². The molecule has 2 aromatic rings. The number of aromatic nitrogens is 1. The molecular weight excluding hydrogens is 628 g/mol. The van der Waals surface area contributed by atoms with Crippen molar-refractivity contribution in [3.63, 3.8) is 0 Å². The van der Waals surface area contributed by atoms with Crippen LogP contribution in [0.25, 0.3) is 11.3 Å². The van der Waals surface area contributed by atoms with Gasteiger partial charge in [-0.25, -0.2) is 0 Å². The predicted octanol–water partition coefficient (Wildman–Crippen LogP) is 4.69. The SMILES string of the molecule is COc1ccnc(-c2[c-]cc(OC)cc2OC)c1.O=C(/C=C(\O)C(F)(F)F)C(F)(F)F.[Ir]. The largest absolute Gasteiger partial charge is 0.540 e. The number of aliphatic hydroxyl groups is 1. The van der Waals surface area contributed by atoms with Crippen molar-refractivity contribution in [1.82, 2.24) is 4.98 Å². The molecule has 0 atom stereocenters. The van der Waals surface area contributed by atoms with Crippen LogP contribution < -0.4 is 14.2 Å². The topological polar surface area (TPSA) is 77.9 Å². The number of allylic oxidation sites excluding steroid dienone is 2. The van der Waals surface area contributed by atoms with Crippen LogP contribution in [0, 0.1) is 6.07 Å². The van der Waals surface area contributed by atoms with Crippen LogP contribution in [0.5, 0.6) is 17.2 Å². The van der Waals surface area contributed by atoms with Crippen molar-refractivity contribution in [2.45, 2.75) is 12.4 Å². The number of hydrogen-bond acceptors (Lipinski definition) is 6. The van der Waals surface area contributed by atoms with Gasteiger partial charge in [-0.3, -0.25) is 4.79 Å². The van der Waals surface area contributed by atoms with Gasteiger partial charge < -0.3 is 24.3 Å². The number of pyridine rings is 1. The molecule has 179 valence electrons. The molecule has 2 rings (SSSR count). The third-order valence-corrected chi connectivity index (χ3v) is 3.40. The first-order valence-corrected chi connectivity index (χ1v) is 8.06. The Morgan fingerprint density at radius 1 is 1.00 bits per heavy atom. The molecule has 0 aliphatic heterocycles. The molecule has 32 heavy (non-hydrogen) atoms. The van der Waals surface area contributed by atoms with Crippen molar-refractivity contribution in [3.05, 3.63) is 48.4 Å². The van der Waals surface area contributed by atoms with E-state index in [1.54, 1.807) is 45.7 Å². The molecule has 1 N–H and O–H groups in total. The van der Waals surface area contributed by atoms with E-state index in [0.29, 0.717) is 11.5 Å². The maximum absolute atomic E-state index is 11.4. The van der Waals surface area contributed by atoms with E-state index < -0.39 is 30.0 Å². The Labute approximate surface area is 192 Å². The Kier molecular flexibility index (Phi) is 11.2. The molecule has 1 heterocycles. The third kappa shape index (κ3) is 8.75. The molecule has 0 amide bonds. The fourth-order valence-electron chi connectivity index (χ4n) is 1.90. The van der Waals surface area contributed by atoms with Crippen molar-refractivity contribution in [2.24, 2.45) is 0 Å². The normalized spacial score (nSPS) is 11.5. The smallest absolute Gasteiger partial charge is 0.454 e. The van der Waals surface area contributed by atoms with Gasteiger partial charge in [0.1, 0.15) is 5.75 Å². The minimum absolute atomic E-state index is 0. The fourth-order valence-corrected chi connectivity index (χ4v) is 1.90. The number of ether oxygens (including phenoxy) is 3. The van der Waals surface area contributed by atoms with Gasteiger partial charge in [0.15, 0.2) is 0 Å². The molecule has 13 heteroatoms. The summed E-state index contributed by atoms with van der Waals surface area (Å²) >= 11 is 0. The van der Waals surface area contributed by atoms with Crippen LogP contribution in [0.2, 0.25) is 0 Å². The summed E-state index contributed by atoms with van der Waals surface area (Å²) in [6.45, 7) is 0. The van der Waals surface area contributed by atoms with Gasteiger partial charge in [0.2, 0.25) is 5.76 Å². The second-order valence-electron chi connectivity index (χ2n) is 5.45. The zero-order valence-electron chi connectivity index (χ0n) is 16.6. The molecular formula is C19H16F6IrNO5-. The Balaban J connectivity index is 0.000000617. The minimum atomic E-state index is -5.42. The Morgan fingerprint density at radius 2 is 1.59 bits per heavy atom.